The third-order valence-electron chi connectivity index (χ3n) is 4.67. The van der Waals surface area contributed by atoms with E-state index in [9.17, 15) is 9.59 Å². The second kappa shape index (κ2) is 8.69. The molecule has 0 fully saturated rings. The second-order valence-corrected chi connectivity index (χ2v) is 6.74. The molecule has 8 nitrogen and oxygen atoms in total. The van der Waals surface area contributed by atoms with Crippen molar-refractivity contribution in [1.29, 1.82) is 0 Å². The Morgan fingerprint density at radius 2 is 1.68 bits per heavy atom. The van der Waals surface area contributed by atoms with Gasteiger partial charge in [0, 0.05) is 38.9 Å². The highest BCUT2D eigenvalue weighted by atomic mass is 16.2. The predicted octanol–water partition coefficient (Wildman–Crippen LogP) is 1.35. The fourth-order valence-electron chi connectivity index (χ4n) is 3.29. The SMILES string of the molecule is CN=C(NCCCn1nc(C)cc1C)NCCN1C(=O)c2ccccc2C1=O. The largest absolute Gasteiger partial charge is 0.356 e. The zero-order chi connectivity index (χ0) is 20.1. The van der Waals surface area contributed by atoms with Gasteiger partial charge < -0.3 is 10.6 Å². The van der Waals surface area contributed by atoms with Crippen molar-refractivity contribution < 1.29 is 9.59 Å². The van der Waals surface area contributed by atoms with Gasteiger partial charge in [-0.1, -0.05) is 12.1 Å². The maximum atomic E-state index is 12.4. The minimum atomic E-state index is -0.241. The van der Waals surface area contributed by atoms with Gasteiger partial charge in [0.25, 0.3) is 11.8 Å². The number of carbonyl (C=O) groups excluding carboxylic acids is 2. The minimum absolute atomic E-state index is 0.241. The van der Waals surface area contributed by atoms with E-state index in [-0.39, 0.29) is 11.8 Å². The van der Waals surface area contributed by atoms with Crippen LogP contribution in [0.4, 0.5) is 0 Å². The van der Waals surface area contributed by atoms with Gasteiger partial charge in [-0.2, -0.15) is 5.10 Å². The van der Waals surface area contributed by atoms with Crippen molar-refractivity contribution in [1.82, 2.24) is 25.3 Å². The van der Waals surface area contributed by atoms with Crippen LogP contribution in [0.25, 0.3) is 0 Å². The molecule has 3 rings (SSSR count). The number of aromatic nitrogens is 2. The Kier molecular flexibility index (Phi) is 6.08. The monoisotopic (exact) mass is 382 g/mol. The van der Waals surface area contributed by atoms with Crippen molar-refractivity contribution in [2.75, 3.05) is 26.7 Å². The highest BCUT2D eigenvalue weighted by molar-refractivity contribution is 6.21. The zero-order valence-electron chi connectivity index (χ0n) is 16.5. The van der Waals surface area contributed by atoms with Gasteiger partial charge in [0.2, 0.25) is 0 Å². The Bertz CT molecular complexity index is 867. The molecule has 0 aliphatic carbocycles. The van der Waals surface area contributed by atoms with Gasteiger partial charge in [-0.3, -0.25) is 24.2 Å². The van der Waals surface area contributed by atoms with E-state index < -0.39 is 0 Å². The van der Waals surface area contributed by atoms with E-state index in [1.807, 2.05) is 18.5 Å². The van der Waals surface area contributed by atoms with Crippen LogP contribution in [0.1, 0.15) is 38.5 Å². The maximum Gasteiger partial charge on any atom is 0.261 e. The number of benzene rings is 1. The normalized spacial score (nSPS) is 13.8. The first kappa shape index (κ1) is 19.6. The van der Waals surface area contributed by atoms with Crippen molar-refractivity contribution in [2.45, 2.75) is 26.8 Å². The molecule has 0 saturated heterocycles. The van der Waals surface area contributed by atoms with Crippen LogP contribution >= 0.6 is 0 Å². The van der Waals surface area contributed by atoms with E-state index in [0.717, 1.165) is 30.9 Å². The van der Waals surface area contributed by atoms with Crippen molar-refractivity contribution in [3.8, 4) is 0 Å². The number of carbonyl (C=O) groups is 2. The molecule has 0 spiro atoms. The average molecular weight is 382 g/mol. The maximum absolute atomic E-state index is 12.4. The van der Waals surface area contributed by atoms with Crippen molar-refractivity contribution in [3.05, 3.63) is 52.8 Å². The lowest BCUT2D eigenvalue weighted by atomic mass is 10.1. The number of guanidine groups is 1. The topological polar surface area (TPSA) is 91.6 Å². The zero-order valence-corrected chi connectivity index (χ0v) is 16.5. The number of aryl methyl sites for hydroxylation is 3. The van der Waals surface area contributed by atoms with Crippen LogP contribution < -0.4 is 10.6 Å². The van der Waals surface area contributed by atoms with Crippen molar-refractivity contribution in [3.63, 3.8) is 0 Å². The quantitative estimate of drug-likeness (QED) is 0.326. The summed E-state index contributed by atoms with van der Waals surface area (Å²) in [6.45, 7) is 6.33. The van der Waals surface area contributed by atoms with Crippen molar-refractivity contribution >= 4 is 17.8 Å². The number of nitrogens with zero attached hydrogens (tertiary/aromatic N) is 4. The number of fused-ring (bicyclic) bond motifs is 1. The summed E-state index contributed by atoms with van der Waals surface area (Å²) in [5.74, 6) is 0.162. The summed E-state index contributed by atoms with van der Waals surface area (Å²) in [4.78, 5) is 30.2. The standard InChI is InChI=1S/C20H26N6O2/c1-14-13-15(2)26(24-14)11-6-9-22-20(21-3)23-10-12-25-18(27)16-7-4-5-8-17(16)19(25)28/h4-5,7-8,13H,6,9-12H2,1-3H3,(H2,21,22,23). The Balaban J connectivity index is 1.41. The minimum Gasteiger partial charge on any atom is -0.356 e. The van der Waals surface area contributed by atoms with Gasteiger partial charge in [0.05, 0.1) is 16.8 Å². The number of rotatable bonds is 7. The molecule has 0 bridgehead atoms. The third-order valence-corrected chi connectivity index (χ3v) is 4.67. The lowest BCUT2D eigenvalue weighted by Gasteiger charge is -2.16. The molecule has 0 atom stereocenters. The summed E-state index contributed by atoms with van der Waals surface area (Å²) in [5.41, 5.74) is 3.12. The molecule has 2 amide bonds. The van der Waals surface area contributed by atoms with E-state index in [0.29, 0.717) is 30.2 Å². The molecule has 8 heteroatoms. The van der Waals surface area contributed by atoms with Gasteiger partial charge in [-0.15, -0.1) is 0 Å². The summed E-state index contributed by atoms with van der Waals surface area (Å²) >= 11 is 0. The van der Waals surface area contributed by atoms with E-state index in [1.54, 1.807) is 31.3 Å². The number of amides is 2. The molecule has 1 aliphatic heterocycles. The van der Waals surface area contributed by atoms with E-state index in [2.05, 4.69) is 26.8 Å². The number of hydrogen-bond acceptors (Lipinski definition) is 4. The van der Waals surface area contributed by atoms with E-state index in [1.165, 1.54) is 4.90 Å². The van der Waals surface area contributed by atoms with Crippen LogP contribution in [0.15, 0.2) is 35.3 Å². The molecular weight excluding hydrogens is 356 g/mol. The first-order valence-electron chi connectivity index (χ1n) is 9.42. The summed E-state index contributed by atoms with van der Waals surface area (Å²) in [5, 5.41) is 10.8. The molecule has 2 aromatic rings. The Morgan fingerprint density at radius 3 is 2.25 bits per heavy atom. The molecular formula is C20H26N6O2. The molecule has 1 aromatic heterocycles. The molecule has 28 heavy (non-hydrogen) atoms. The van der Waals surface area contributed by atoms with Gasteiger partial charge in [0.15, 0.2) is 5.96 Å². The third kappa shape index (κ3) is 4.21. The van der Waals surface area contributed by atoms with Gasteiger partial charge in [-0.05, 0) is 38.5 Å². The molecule has 2 N–H and O–H groups in total. The smallest absolute Gasteiger partial charge is 0.261 e. The number of nitrogens with one attached hydrogen (secondary N) is 2. The summed E-state index contributed by atoms with van der Waals surface area (Å²) in [6, 6.07) is 8.97. The fraction of sp³-hybridized carbons (Fsp3) is 0.400. The molecule has 0 saturated carbocycles. The van der Waals surface area contributed by atoms with Crippen LogP contribution in [0.3, 0.4) is 0 Å². The summed E-state index contributed by atoms with van der Waals surface area (Å²) in [7, 11) is 1.69. The second-order valence-electron chi connectivity index (χ2n) is 6.74. The van der Waals surface area contributed by atoms with Crippen LogP contribution in [0.5, 0.6) is 0 Å². The highest BCUT2D eigenvalue weighted by Gasteiger charge is 2.34. The molecule has 148 valence electrons. The van der Waals surface area contributed by atoms with Gasteiger partial charge in [0.1, 0.15) is 0 Å². The number of imide groups is 1. The van der Waals surface area contributed by atoms with Crippen LogP contribution in [0.2, 0.25) is 0 Å². The first-order valence-corrected chi connectivity index (χ1v) is 9.42. The number of hydrogen-bond donors (Lipinski definition) is 2. The van der Waals surface area contributed by atoms with Crippen LogP contribution in [-0.4, -0.2) is 59.1 Å². The fourth-order valence-corrected chi connectivity index (χ4v) is 3.29. The average Bonchev–Trinajstić information content (AvgIpc) is 3.14. The van der Waals surface area contributed by atoms with Gasteiger partial charge >= 0.3 is 0 Å². The van der Waals surface area contributed by atoms with Crippen LogP contribution in [-0.2, 0) is 6.54 Å². The Labute approximate surface area is 164 Å². The van der Waals surface area contributed by atoms with Crippen LogP contribution in [0, 0.1) is 13.8 Å². The first-order chi connectivity index (χ1) is 13.5. The Hall–Kier alpha value is -3.16. The van der Waals surface area contributed by atoms with E-state index in [4.69, 9.17) is 0 Å². The lowest BCUT2D eigenvalue weighted by molar-refractivity contribution is 0.0657. The van der Waals surface area contributed by atoms with Crippen molar-refractivity contribution in [2.24, 2.45) is 4.99 Å². The lowest BCUT2D eigenvalue weighted by Crippen LogP contribution is -2.43. The highest BCUT2D eigenvalue weighted by Crippen LogP contribution is 2.21. The summed E-state index contributed by atoms with van der Waals surface area (Å²) in [6.07, 6.45) is 0.904. The number of aliphatic imine (C=N–C) groups is 1. The molecule has 0 radical (unpaired) electrons. The molecule has 1 aliphatic rings. The van der Waals surface area contributed by atoms with Gasteiger partial charge in [-0.25, -0.2) is 0 Å². The molecule has 1 aromatic carbocycles. The Morgan fingerprint density at radius 1 is 1.04 bits per heavy atom. The molecule has 2 heterocycles. The molecule has 0 unspecified atom stereocenters. The van der Waals surface area contributed by atoms with E-state index >= 15 is 0 Å². The summed E-state index contributed by atoms with van der Waals surface area (Å²) < 4.78 is 2.00. The predicted molar refractivity (Wildman–Crippen MR) is 107 cm³/mol.